The van der Waals surface area contributed by atoms with E-state index in [9.17, 15) is 9.59 Å². The highest BCUT2D eigenvalue weighted by atomic mass is 79.9. The largest absolute Gasteiger partial charge is 0.456 e. The van der Waals surface area contributed by atoms with Crippen LogP contribution in [-0.4, -0.2) is 23.1 Å². The summed E-state index contributed by atoms with van der Waals surface area (Å²) in [6.07, 6.45) is 4.03. The summed E-state index contributed by atoms with van der Waals surface area (Å²) >= 11 is 3.50. The number of aryl methyl sites for hydroxylation is 1. The minimum absolute atomic E-state index is 0.237. The van der Waals surface area contributed by atoms with Crippen LogP contribution in [0.25, 0.3) is 0 Å². The molecule has 0 aliphatic heterocycles. The molecule has 0 bridgehead atoms. The third-order valence-corrected chi connectivity index (χ3v) is 5.19. The minimum atomic E-state index is -0.593. The third-order valence-electron chi connectivity index (χ3n) is 4.45. The van der Waals surface area contributed by atoms with E-state index in [1.165, 1.54) is 0 Å². The summed E-state index contributed by atoms with van der Waals surface area (Å²) in [6, 6.07) is 3.41. The van der Waals surface area contributed by atoms with E-state index in [-0.39, 0.29) is 11.1 Å². The van der Waals surface area contributed by atoms with Crippen molar-refractivity contribution >= 4 is 27.9 Å². The van der Waals surface area contributed by atoms with Crippen molar-refractivity contribution in [2.24, 2.45) is 0 Å². The Kier molecular flexibility index (Phi) is 8.52. The number of carbonyl (C=O) groups is 2. The molecule has 0 aliphatic rings. The van der Waals surface area contributed by atoms with Crippen molar-refractivity contribution in [3.63, 3.8) is 0 Å². The zero-order chi connectivity index (χ0) is 20.8. The first kappa shape index (κ1) is 23.7. The highest BCUT2D eigenvalue weighted by Gasteiger charge is 2.30. The Bertz CT molecular complexity index is 677. The molecule has 0 amide bonds. The molecule has 0 heterocycles. The molecule has 1 rings (SSSR count). The number of rotatable bonds is 9. The molecule has 5 heteroatoms. The molecular weight excluding hydrogens is 408 g/mol. The lowest BCUT2D eigenvalue weighted by atomic mass is 9.99. The first-order valence-corrected chi connectivity index (χ1v) is 10.5. The van der Waals surface area contributed by atoms with E-state index >= 15 is 0 Å². The summed E-state index contributed by atoms with van der Waals surface area (Å²) in [5.41, 5.74) is 0.259. The Morgan fingerprint density at radius 1 is 0.852 bits per heavy atom. The van der Waals surface area contributed by atoms with Gasteiger partial charge in [-0.15, -0.1) is 0 Å². The number of ether oxygens (including phenoxy) is 2. The van der Waals surface area contributed by atoms with Crippen LogP contribution in [0, 0.1) is 0 Å². The van der Waals surface area contributed by atoms with Crippen molar-refractivity contribution in [3.8, 4) is 0 Å². The summed E-state index contributed by atoms with van der Waals surface area (Å²) in [7, 11) is 0. The van der Waals surface area contributed by atoms with Crippen LogP contribution in [0.4, 0.5) is 0 Å². The normalized spacial score (nSPS) is 12.0. The van der Waals surface area contributed by atoms with Gasteiger partial charge in [0.15, 0.2) is 0 Å². The standard InChI is InChI=1S/C22H33BrO4/c1-8-11-21(4,5)26-19(24)16-13-15(10-3)18(23)14-17(16)20(25)27-22(6,7)12-9-2/h13-14H,8-12H2,1-7H3. The summed E-state index contributed by atoms with van der Waals surface area (Å²) in [5, 5.41) is 0. The van der Waals surface area contributed by atoms with E-state index in [1.807, 2.05) is 48.5 Å². The van der Waals surface area contributed by atoms with Gasteiger partial charge in [0.1, 0.15) is 11.2 Å². The van der Waals surface area contributed by atoms with Gasteiger partial charge in [-0.25, -0.2) is 9.59 Å². The monoisotopic (exact) mass is 440 g/mol. The number of hydrogen-bond donors (Lipinski definition) is 0. The average Bonchev–Trinajstić information content (AvgIpc) is 2.53. The first-order valence-electron chi connectivity index (χ1n) is 9.75. The molecule has 0 saturated heterocycles. The van der Waals surface area contributed by atoms with E-state index in [0.717, 1.165) is 42.1 Å². The van der Waals surface area contributed by atoms with Gasteiger partial charge in [0, 0.05) is 4.47 Å². The molecule has 0 spiro atoms. The molecule has 0 N–H and O–H groups in total. The number of carbonyl (C=O) groups excluding carboxylic acids is 2. The van der Waals surface area contributed by atoms with Crippen LogP contribution in [0.1, 0.15) is 100 Å². The van der Waals surface area contributed by atoms with Gasteiger partial charge < -0.3 is 9.47 Å². The molecule has 1 aromatic rings. The van der Waals surface area contributed by atoms with Crippen molar-refractivity contribution in [3.05, 3.63) is 33.3 Å². The van der Waals surface area contributed by atoms with Crippen LogP contribution < -0.4 is 0 Å². The second kappa shape index (κ2) is 9.72. The van der Waals surface area contributed by atoms with Gasteiger partial charge >= 0.3 is 11.9 Å². The fourth-order valence-corrected chi connectivity index (χ4v) is 3.77. The second-order valence-corrected chi connectivity index (χ2v) is 9.00. The van der Waals surface area contributed by atoms with Crippen molar-refractivity contribution < 1.29 is 19.1 Å². The molecule has 0 fully saturated rings. The van der Waals surface area contributed by atoms with Gasteiger partial charge in [0.05, 0.1) is 11.1 Å². The molecule has 0 radical (unpaired) electrons. The molecule has 0 unspecified atom stereocenters. The molecule has 1 aromatic carbocycles. The Balaban J connectivity index is 3.29. The van der Waals surface area contributed by atoms with E-state index < -0.39 is 23.1 Å². The fraction of sp³-hybridized carbons (Fsp3) is 0.636. The molecule has 0 aliphatic carbocycles. The van der Waals surface area contributed by atoms with Crippen molar-refractivity contribution in [1.29, 1.82) is 0 Å². The maximum atomic E-state index is 12.9. The Morgan fingerprint density at radius 3 is 1.63 bits per heavy atom. The maximum absolute atomic E-state index is 12.9. The van der Waals surface area contributed by atoms with E-state index in [4.69, 9.17) is 9.47 Å². The Hall–Kier alpha value is -1.36. The lowest BCUT2D eigenvalue weighted by Gasteiger charge is -2.27. The molecule has 0 saturated carbocycles. The van der Waals surface area contributed by atoms with E-state index in [2.05, 4.69) is 15.9 Å². The molecule has 4 nitrogen and oxygen atoms in total. The van der Waals surface area contributed by atoms with Crippen LogP contribution in [0.5, 0.6) is 0 Å². The maximum Gasteiger partial charge on any atom is 0.339 e. The smallest absolute Gasteiger partial charge is 0.339 e. The quantitative estimate of drug-likeness (QED) is 0.412. The van der Waals surface area contributed by atoms with Gasteiger partial charge in [-0.3, -0.25) is 0 Å². The van der Waals surface area contributed by atoms with E-state index in [0.29, 0.717) is 0 Å². The van der Waals surface area contributed by atoms with Gasteiger partial charge in [-0.05, 0) is 64.7 Å². The van der Waals surface area contributed by atoms with Crippen LogP contribution >= 0.6 is 15.9 Å². The summed E-state index contributed by atoms with van der Waals surface area (Å²) in [6.45, 7) is 13.6. The summed E-state index contributed by atoms with van der Waals surface area (Å²) in [5.74, 6) is -0.993. The minimum Gasteiger partial charge on any atom is -0.456 e. The SMILES string of the molecule is CCCC(C)(C)OC(=O)c1cc(Br)c(CC)cc1C(=O)OC(C)(C)CCC. The zero-order valence-corrected chi connectivity index (χ0v) is 19.3. The van der Waals surface area contributed by atoms with Crippen LogP contribution in [-0.2, 0) is 15.9 Å². The number of halogens is 1. The molecule has 0 aromatic heterocycles. The highest BCUT2D eigenvalue weighted by Crippen LogP contribution is 2.28. The lowest BCUT2D eigenvalue weighted by Crippen LogP contribution is -2.31. The number of benzene rings is 1. The molecule has 0 atom stereocenters. The topological polar surface area (TPSA) is 52.6 Å². The predicted octanol–water partition coefficient (Wildman–Crippen LogP) is 6.48. The molecular formula is C22H33BrO4. The van der Waals surface area contributed by atoms with Gasteiger partial charge in [-0.1, -0.05) is 49.5 Å². The highest BCUT2D eigenvalue weighted by molar-refractivity contribution is 9.10. The van der Waals surface area contributed by atoms with Crippen LogP contribution in [0.3, 0.4) is 0 Å². The Morgan fingerprint density at radius 2 is 1.26 bits per heavy atom. The molecule has 152 valence electrons. The van der Waals surface area contributed by atoms with Crippen molar-refractivity contribution in [2.45, 2.75) is 91.8 Å². The lowest BCUT2D eigenvalue weighted by molar-refractivity contribution is -0.00956. The average molecular weight is 441 g/mol. The second-order valence-electron chi connectivity index (χ2n) is 8.14. The zero-order valence-electron chi connectivity index (χ0n) is 17.7. The van der Waals surface area contributed by atoms with Gasteiger partial charge in [0.25, 0.3) is 0 Å². The van der Waals surface area contributed by atoms with E-state index in [1.54, 1.807) is 12.1 Å². The first-order chi connectivity index (χ1) is 12.5. The van der Waals surface area contributed by atoms with Crippen LogP contribution in [0.2, 0.25) is 0 Å². The fourth-order valence-electron chi connectivity index (χ4n) is 3.14. The molecule has 27 heavy (non-hydrogen) atoms. The predicted molar refractivity (Wildman–Crippen MR) is 112 cm³/mol. The Labute approximate surface area is 172 Å². The summed E-state index contributed by atoms with van der Waals surface area (Å²) < 4.78 is 12.2. The van der Waals surface area contributed by atoms with Gasteiger partial charge in [-0.2, -0.15) is 0 Å². The van der Waals surface area contributed by atoms with Crippen LogP contribution in [0.15, 0.2) is 16.6 Å². The van der Waals surface area contributed by atoms with Crippen molar-refractivity contribution in [1.82, 2.24) is 0 Å². The van der Waals surface area contributed by atoms with Crippen molar-refractivity contribution in [2.75, 3.05) is 0 Å². The number of esters is 2. The summed E-state index contributed by atoms with van der Waals surface area (Å²) in [4.78, 5) is 25.7. The van der Waals surface area contributed by atoms with Gasteiger partial charge in [0.2, 0.25) is 0 Å². The third kappa shape index (κ3) is 6.95. The number of hydrogen-bond acceptors (Lipinski definition) is 4.